The first kappa shape index (κ1) is 14.5. The van der Waals surface area contributed by atoms with Crippen LogP contribution in [0.1, 0.15) is 15.2 Å². The van der Waals surface area contributed by atoms with Crippen molar-refractivity contribution in [2.24, 2.45) is 5.73 Å². The lowest BCUT2D eigenvalue weighted by Gasteiger charge is -2.33. The lowest BCUT2D eigenvalue weighted by Crippen LogP contribution is -2.54. The number of nitrogens with zero attached hydrogens (tertiary/aromatic N) is 1. The van der Waals surface area contributed by atoms with Crippen LogP contribution in [0.5, 0.6) is 0 Å². The van der Waals surface area contributed by atoms with Gasteiger partial charge in [-0.25, -0.2) is 0 Å². The van der Waals surface area contributed by atoms with Gasteiger partial charge in [0.1, 0.15) is 12.6 Å². The topological polar surface area (TPSA) is 92.9 Å². The standard InChI is InChI=1S/C13H14N2O4S/c14-12(17)11-7-19-5-3-15(11)13(18)9-6-10(20-8-9)2-1-4-16/h6,8,11,16H,3-5,7H2,(H2,14,17). The zero-order valence-corrected chi connectivity index (χ0v) is 11.5. The van der Waals surface area contributed by atoms with Crippen LogP contribution in [0.4, 0.5) is 0 Å². The number of amides is 2. The van der Waals surface area contributed by atoms with E-state index in [-0.39, 0.29) is 19.1 Å². The predicted octanol–water partition coefficient (Wildman–Crippen LogP) is -0.582. The van der Waals surface area contributed by atoms with Gasteiger partial charge in [0, 0.05) is 11.9 Å². The number of hydrogen-bond donors (Lipinski definition) is 2. The van der Waals surface area contributed by atoms with Crippen molar-refractivity contribution in [3.8, 4) is 11.8 Å². The molecular weight excluding hydrogens is 280 g/mol. The molecule has 1 aliphatic heterocycles. The molecule has 1 aliphatic rings. The monoisotopic (exact) mass is 294 g/mol. The molecule has 6 nitrogen and oxygen atoms in total. The van der Waals surface area contributed by atoms with Gasteiger partial charge in [-0.1, -0.05) is 11.8 Å². The number of hydrogen-bond acceptors (Lipinski definition) is 5. The van der Waals surface area contributed by atoms with Gasteiger partial charge in [-0.15, -0.1) is 11.3 Å². The van der Waals surface area contributed by atoms with Crippen molar-refractivity contribution in [3.63, 3.8) is 0 Å². The summed E-state index contributed by atoms with van der Waals surface area (Å²) in [6.45, 7) is 0.619. The second-order valence-electron chi connectivity index (χ2n) is 4.15. The third-order valence-corrected chi connectivity index (χ3v) is 3.70. The number of thiophene rings is 1. The largest absolute Gasteiger partial charge is 0.384 e. The molecular formula is C13H14N2O4S. The quantitative estimate of drug-likeness (QED) is 0.714. The summed E-state index contributed by atoms with van der Waals surface area (Å²) < 4.78 is 5.18. The van der Waals surface area contributed by atoms with Crippen molar-refractivity contribution < 1.29 is 19.4 Å². The SMILES string of the molecule is NC(=O)C1COCCN1C(=O)c1csc(C#CCO)c1. The van der Waals surface area contributed by atoms with E-state index < -0.39 is 11.9 Å². The molecule has 0 aliphatic carbocycles. The maximum absolute atomic E-state index is 12.4. The maximum Gasteiger partial charge on any atom is 0.255 e. The average molecular weight is 294 g/mol. The highest BCUT2D eigenvalue weighted by molar-refractivity contribution is 7.10. The molecule has 1 unspecified atom stereocenters. The van der Waals surface area contributed by atoms with E-state index in [1.54, 1.807) is 11.4 Å². The van der Waals surface area contributed by atoms with Crippen LogP contribution in [-0.4, -0.2) is 54.2 Å². The van der Waals surface area contributed by atoms with Gasteiger partial charge in [0.05, 0.1) is 23.7 Å². The summed E-state index contributed by atoms with van der Waals surface area (Å²) in [5.74, 6) is 4.42. The Kier molecular flexibility index (Phi) is 4.74. The Morgan fingerprint density at radius 2 is 2.40 bits per heavy atom. The van der Waals surface area contributed by atoms with E-state index >= 15 is 0 Å². The molecule has 0 spiro atoms. The normalized spacial score (nSPS) is 18.2. The zero-order chi connectivity index (χ0) is 14.5. The second kappa shape index (κ2) is 6.52. The molecule has 7 heteroatoms. The lowest BCUT2D eigenvalue weighted by atomic mass is 10.1. The van der Waals surface area contributed by atoms with Crippen LogP contribution in [0.25, 0.3) is 0 Å². The summed E-state index contributed by atoms with van der Waals surface area (Å²) in [5.41, 5.74) is 5.75. The Bertz CT molecular complexity index is 572. The van der Waals surface area contributed by atoms with Crippen LogP contribution >= 0.6 is 11.3 Å². The van der Waals surface area contributed by atoms with Crippen LogP contribution < -0.4 is 5.73 Å². The van der Waals surface area contributed by atoms with Crippen LogP contribution in [0.15, 0.2) is 11.4 Å². The Labute approximate surface area is 120 Å². The van der Waals surface area contributed by atoms with Gasteiger partial charge in [-0.05, 0) is 6.07 Å². The van der Waals surface area contributed by atoms with Gasteiger partial charge in [0.2, 0.25) is 5.91 Å². The van der Waals surface area contributed by atoms with Gasteiger partial charge in [-0.3, -0.25) is 9.59 Å². The summed E-state index contributed by atoms with van der Waals surface area (Å²) in [4.78, 5) is 25.8. The second-order valence-corrected chi connectivity index (χ2v) is 5.06. The summed E-state index contributed by atoms with van der Waals surface area (Å²) in [6.07, 6.45) is 0. The molecule has 0 saturated carbocycles. The molecule has 1 atom stereocenters. The number of carbonyl (C=O) groups is 2. The number of rotatable bonds is 2. The van der Waals surface area contributed by atoms with E-state index in [4.69, 9.17) is 15.6 Å². The summed E-state index contributed by atoms with van der Waals surface area (Å²) in [6, 6.07) is 0.909. The van der Waals surface area contributed by atoms with Crippen molar-refractivity contribution in [1.29, 1.82) is 0 Å². The van der Waals surface area contributed by atoms with E-state index in [1.807, 2.05) is 0 Å². The van der Waals surface area contributed by atoms with Crippen LogP contribution in [0, 0.1) is 11.8 Å². The van der Waals surface area contributed by atoms with Crippen LogP contribution in [-0.2, 0) is 9.53 Å². The summed E-state index contributed by atoms with van der Waals surface area (Å²) >= 11 is 1.31. The highest BCUT2D eigenvalue weighted by Gasteiger charge is 2.32. The van der Waals surface area contributed by atoms with E-state index in [0.717, 1.165) is 0 Å². The molecule has 20 heavy (non-hydrogen) atoms. The minimum Gasteiger partial charge on any atom is -0.384 e. The number of ether oxygens (including phenoxy) is 1. The van der Waals surface area contributed by atoms with Crippen LogP contribution in [0.2, 0.25) is 0 Å². The first-order valence-electron chi connectivity index (χ1n) is 5.99. The third-order valence-electron chi connectivity index (χ3n) is 2.85. The Hall–Kier alpha value is -1.88. The molecule has 2 amide bonds. The van der Waals surface area contributed by atoms with Gasteiger partial charge in [0.15, 0.2) is 0 Å². The van der Waals surface area contributed by atoms with Crippen LogP contribution in [0.3, 0.4) is 0 Å². The minimum atomic E-state index is -0.733. The first-order valence-corrected chi connectivity index (χ1v) is 6.87. The first-order chi connectivity index (χ1) is 9.63. The molecule has 3 N–H and O–H groups in total. The van der Waals surface area contributed by atoms with Gasteiger partial charge < -0.3 is 20.5 Å². The Balaban J connectivity index is 2.17. The van der Waals surface area contributed by atoms with E-state index in [0.29, 0.717) is 23.6 Å². The number of primary amides is 1. The van der Waals surface area contributed by atoms with E-state index in [9.17, 15) is 9.59 Å². The highest BCUT2D eigenvalue weighted by atomic mass is 32.1. The van der Waals surface area contributed by atoms with Crippen molar-refractivity contribution in [1.82, 2.24) is 4.90 Å². The third kappa shape index (κ3) is 3.17. The molecule has 1 fully saturated rings. The number of morpholine rings is 1. The lowest BCUT2D eigenvalue weighted by molar-refractivity contribution is -0.127. The van der Waals surface area contributed by atoms with E-state index in [1.165, 1.54) is 16.2 Å². The number of carbonyl (C=O) groups excluding carboxylic acids is 2. The Morgan fingerprint density at radius 1 is 1.60 bits per heavy atom. The molecule has 2 rings (SSSR count). The molecule has 1 aromatic rings. The fraction of sp³-hybridized carbons (Fsp3) is 0.385. The van der Waals surface area contributed by atoms with Crippen molar-refractivity contribution in [2.45, 2.75) is 6.04 Å². The molecule has 0 aromatic carbocycles. The predicted molar refractivity (Wildman–Crippen MR) is 73.1 cm³/mol. The van der Waals surface area contributed by atoms with Crippen molar-refractivity contribution in [2.75, 3.05) is 26.4 Å². The summed E-state index contributed by atoms with van der Waals surface area (Å²) in [5, 5.41) is 10.3. The Morgan fingerprint density at radius 3 is 3.10 bits per heavy atom. The molecule has 1 aromatic heterocycles. The molecule has 1 saturated heterocycles. The number of nitrogens with two attached hydrogens (primary N) is 1. The minimum absolute atomic E-state index is 0.127. The molecule has 106 valence electrons. The fourth-order valence-corrected chi connectivity index (χ4v) is 2.64. The molecule has 0 radical (unpaired) electrons. The average Bonchev–Trinajstić information content (AvgIpc) is 2.93. The number of aliphatic hydroxyl groups is 1. The fourth-order valence-electron chi connectivity index (χ4n) is 1.89. The zero-order valence-electron chi connectivity index (χ0n) is 10.7. The number of aliphatic hydroxyl groups excluding tert-OH is 1. The summed E-state index contributed by atoms with van der Waals surface area (Å²) in [7, 11) is 0. The smallest absolute Gasteiger partial charge is 0.255 e. The van der Waals surface area contributed by atoms with Gasteiger partial charge in [-0.2, -0.15) is 0 Å². The van der Waals surface area contributed by atoms with Gasteiger partial charge in [0.25, 0.3) is 5.91 Å². The van der Waals surface area contributed by atoms with Gasteiger partial charge >= 0.3 is 0 Å². The molecule has 0 bridgehead atoms. The van der Waals surface area contributed by atoms with E-state index in [2.05, 4.69) is 11.8 Å². The van der Waals surface area contributed by atoms with Crippen molar-refractivity contribution in [3.05, 3.63) is 21.9 Å². The molecule has 2 heterocycles. The highest BCUT2D eigenvalue weighted by Crippen LogP contribution is 2.18. The maximum atomic E-state index is 12.4. The van der Waals surface area contributed by atoms with Crippen molar-refractivity contribution >= 4 is 23.2 Å².